The Morgan fingerprint density at radius 1 is 1.08 bits per heavy atom. The summed E-state index contributed by atoms with van der Waals surface area (Å²) in [6, 6.07) is 16.9. The van der Waals surface area contributed by atoms with Crippen LogP contribution in [-0.4, -0.2) is 32.2 Å². The van der Waals surface area contributed by atoms with Crippen molar-refractivity contribution in [2.75, 3.05) is 11.4 Å². The lowest BCUT2D eigenvalue weighted by Crippen LogP contribution is -2.31. The normalized spacial score (nSPS) is 16.3. The average Bonchev–Trinajstić information content (AvgIpc) is 3.04. The molecule has 0 spiro atoms. The number of para-hydroxylation sites is 1. The number of anilines is 1. The van der Waals surface area contributed by atoms with Crippen molar-refractivity contribution < 1.29 is 9.90 Å². The highest BCUT2D eigenvalue weighted by Crippen LogP contribution is 2.36. The minimum absolute atomic E-state index is 0.155. The van der Waals surface area contributed by atoms with E-state index in [1.165, 1.54) is 34.6 Å². The van der Waals surface area contributed by atoms with Gasteiger partial charge < -0.3 is 14.6 Å². The number of hydrogen-bond donors (Lipinski definition) is 1. The Labute approximate surface area is 220 Å². The van der Waals surface area contributed by atoms with Gasteiger partial charge in [0.1, 0.15) is 0 Å². The fourth-order valence-corrected chi connectivity index (χ4v) is 5.95. The van der Waals surface area contributed by atoms with E-state index in [9.17, 15) is 9.90 Å². The van der Waals surface area contributed by atoms with Crippen LogP contribution in [0.4, 0.5) is 5.95 Å². The number of carbonyl (C=O) groups is 1. The van der Waals surface area contributed by atoms with Crippen LogP contribution in [0.3, 0.4) is 0 Å². The number of benzene rings is 2. The van der Waals surface area contributed by atoms with Crippen molar-refractivity contribution in [3.63, 3.8) is 0 Å². The van der Waals surface area contributed by atoms with Gasteiger partial charge >= 0.3 is 5.97 Å². The molecule has 5 rings (SSSR count). The number of rotatable bonds is 7. The van der Waals surface area contributed by atoms with Crippen LogP contribution in [0, 0.1) is 0 Å². The predicted octanol–water partition coefficient (Wildman–Crippen LogP) is 6.73. The van der Waals surface area contributed by atoms with Crippen LogP contribution in [0.25, 0.3) is 10.9 Å². The van der Waals surface area contributed by atoms with E-state index in [2.05, 4.69) is 86.1 Å². The van der Waals surface area contributed by atoms with E-state index < -0.39 is 5.97 Å². The molecule has 186 valence electrons. The average molecular weight is 547 g/mol. The molecule has 0 amide bonds. The van der Waals surface area contributed by atoms with Gasteiger partial charge in [-0.1, -0.05) is 65.2 Å². The summed E-state index contributed by atoms with van der Waals surface area (Å²) < 4.78 is 3.23. The molecular weight excluding hydrogens is 516 g/mol. The summed E-state index contributed by atoms with van der Waals surface area (Å²) in [4.78, 5) is 23.7. The lowest BCUT2D eigenvalue weighted by atomic mass is 10.0. The van der Waals surface area contributed by atoms with Gasteiger partial charge in [-0.15, -0.1) is 0 Å². The molecule has 2 aromatic heterocycles. The van der Waals surface area contributed by atoms with Crippen molar-refractivity contribution in [2.45, 2.75) is 51.0 Å². The third-order valence-electron chi connectivity index (χ3n) is 7.20. The molecule has 0 aliphatic carbocycles. The molecular formula is C29H31BrN4O2. The molecule has 3 heterocycles. The zero-order valence-electron chi connectivity index (χ0n) is 20.5. The van der Waals surface area contributed by atoms with Gasteiger partial charge in [0, 0.05) is 41.4 Å². The number of nitrogens with zero attached hydrogens (tertiary/aromatic N) is 4. The van der Waals surface area contributed by atoms with Gasteiger partial charge in [0.05, 0.1) is 17.3 Å². The number of aromatic carboxylic acids is 1. The molecule has 4 aromatic rings. The molecule has 0 radical (unpaired) electrons. The molecule has 1 N–H and O–H groups in total. The zero-order valence-corrected chi connectivity index (χ0v) is 22.1. The monoisotopic (exact) mass is 546 g/mol. The Morgan fingerprint density at radius 3 is 2.72 bits per heavy atom. The highest BCUT2D eigenvalue weighted by atomic mass is 79.9. The summed E-state index contributed by atoms with van der Waals surface area (Å²) in [5, 5.41) is 11.1. The highest BCUT2D eigenvalue weighted by molar-refractivity contribution is 9.10. The van der Waals surface area contributed by atoms with Crippen LogP contribution >= 0.6 is 15.9 Å². The SMILES string of the molecule is Cn1cc(CCCc2nc(N3CCCCCC3c3ccccc3Br)ncc2C(=O)O)c2ccccc21. The van der Waals surface area contributed by atoms with E-state index in [4.69, 9.17) is 4.98 Å². The topological polar surface area (TPSA) is 71.2 Å². The van der Waals surface area contributed by atoms with Crippen molar-refractivity contribution in [1.29, 1.82) is 0 Å². The van der Waals surface area contributed by atoms with Crippen LogP contribution in [0.5, 0.6) is 0 Å². The second-order valence-electron chi connectivity index (χ2n) is 9.55. The first-order chi connectivity index (χ1) is 17.5. The van der Waals surface area contributed by atoms with Gasteiger partial charge in [0.15, 0.2) is 0 Å². The summed E-state index contributed by atoms with van der Waals surface area (Å²) in [6.45, 7) is 0.855. The first-order valence-corrected chi connectivity index (χ1v) is 13.5. The standard InChI is InChI=1S/C29H31BrN4O2/c1-33-19-20(21-11-5-7-15-26(21)33)10-9-14-25-23(28(35)36)18-31-29(32-25)34-17-8-2-3-16-27(34)22-12-4-6-13-24(22)30/h4-7,11-13,15,18-19,27H,2-3,8-10,14,16-17H2,1H3,(H,35,36). The van der Waals surface area contributed by atoms with Gasteiger partial charge in [0.2, 0.25) is 5.95 Å². The lowest BCUT2D eigenvalue weighted by Gasteiger charge is -2.31. The number of carboxylic acid groups (broad SMARTS) is 1. The summed E-state index contributed by atoms with van der Waals surface area (Å²) in [6.07, 6.45) is 10.4. The number of aryl methyl sites for hydroxylation is 3. The van der Waals surface area contributed by atoms with Crippen molar-refractivity contribution in [1.82, 2.24) is 14.5 Å². The first-order valence-electron chi connectivity index (χ1n) is 12.7. The molecule has 2 aromatic carbocycles. The largest absolute Gasteiger partial charge is 0.478 e. The second-order valence-corrected chi connectivity index (χ2v) is 10.4. The summed E-state index contributed by atoms with van der Waals surface area (Å²) >= 11 is 3.73. The molecule has 1 aliphatic rings. The van der Waals surface area contributed by atoms with Gasteiger partial charge in [-0.05, 0) is 55.4 Å². The van der Waals surface area contributed by atoms with E-state index in [0.717, 1.165) is 43.1 Å². The Hall–Kier alpha value is -3.19. The van der Waals surface area contributed by atoms with Crippen LogP contribution < -0.4 is 4.90 Å². The second kappa shape index (κ2) is 10.8. The number of aromatic nitrogens is 3. The minimum atomic E-state index is -0.972. The van der Waals surface area contributed by atoms with Gasteiger partial charge in [-0.2, -0.15) is 0 Å². The molecule has 0 bridgehead atoms. The van der Waals surface area contributed by atoms with E-state index in [0.29, 0.717) is 18.1 Å². The number of fused-ring (bicyclic) bond motifs is 1. The maximum absolute atomic E-state index is 12.0. The maximum Gasteiger partial charge on any atom is 0.339 e. The summed E-state index contributed by atoms with van der Waals surface area (Å²) in [7, 11) is 2.06. The van der Waals surface area contributed by atoms with Crippen molar-refractivity contribution in [3.8, 4) is 0 Å². The molecule has 1 aliphatic heterocycles. The van der Waals surface area contributed by atoms with Gasteiger partial charge in [-0.25, -0.2) is 14.8 Å². The molecule has 1 fully saturated rings. The van der Waals surface area contributed by atoms with Crippen molar-refractivity contribution >= 4 is 38.8 Å². The van der Waals surface area contributed by atoms with E-state index in [1.54, 1.807) is 0 Å². The summed E-state index contributed by atoms with van der Waals surface area (Å²) in [5.74, 6) is -0.345. The van der Waals surface area contributed by atoms with Gasteiger partial charge in [0.25, 0.3) is 0 Å². The molecule has 0 saturated carbocycles. The Bertz CT molecular complexity index is 1380. The smallest absolute Gasteiger partial charge is 0.339 e. The van der Waals surface area contributed by atoms with E-state index in [1.807, 2.05) is 6.07 Å². The van der Waals surface area contributed by atoms with Crippen LogP contribution in [-0.2, 0) is 19.9 Å². The maximum atomic E-state index is 12.0. The molecule has 1 atom stereocenters. The fourth-order valence-electron chi connectivity index (χ4n) is 5.40. The van der Waals surface area contributed by atoms with Crippen LogP contribution in [0.15, 0.2) is 65.4 Å². The minimum Gasteiger partial charge on any atom is -0.478 e. The lowest BCUT2D eigenvalue weighted by molar-refractivity contribution is 0.0694. The highest BCUT2D eigenvalue weighted by Gasteiger charge is 2.27. The fraction of sp³-hybridized carbons (Fsp3) is 0.345. The molecule has 7 heteroatoms. The van der Waals surface area contributed by atoms with Crippen molar-refractivity contribution in [3.05, 3.63) is 87.8 Å². The van der Waals surface area contributed by atoms with Gasteiger partial charge in [-0.3, -0.25) is 0 Å². The molecule has 36 heavy (non-hydrogen) atoms. The Morgan fingerprint density at radius 2 is 1.89 bits per heavy atom. The molecule has 1 saturated heterocycles. The Balaban J connectivity index is 1.42. The molecule has 6 nitrogen and oxygen atoms in total. The van der Waals surface area contributed by atoms with E-state index in [-0.39, 0.29) is 11.6 Å². The number of carboxylic acids is 1. The third kappa shape index (κ3) is 5.03. The van der Waals surface area contributed by atoms with Crippen LogP contribution in [0.1, 0.15) is 65.3 Å². The number of halogens is 1. The predicted molar refractivity (Wildman–Crippen MR) is 147 cm³/mol. The number of hydrogen-bond acceptors (Lipinski definition) is 4. The molecule has 1 unspecified atom stereocenters. The first kappa shape index (κ1) is 24.5. The quantitative estimate of drug-likeness (QED) is 0.278. The Kier molecular flexibility index (Phi) is 7.37. The summed E-state index contributed by atoms with van der Waals surface area (Å²) in [5.41, 5.74) is 4.53. The van der Waals surface area contributed by atoms with Crippen molar-refractivity contribution in [2.24, 2.45) is 7.05 Å². The van der Waals surface area contributed by atoms with E-state index >= 15 is 0 Å². The zero-order chi connectivity index (χ0) is 25.1. The third-order valence-corrected chi connectivity index (χ3v) is 7.92. The van der Waals surface area contributed by atoms with Crippen LogP contribution in [0.2, 0.25) is 0 Å².